The summed E-state index contributed by atoms with van der Waals surface area (Å²) < 4.78 is 16.2. The Kier molecular flexibility index (Phi) is 7.39. The molecule has 0 unspecified atom stereocenters. The molecule has 1 saturated heterocycles. The highest BCUT2D eigenvalue weighted by atomic mass is 35.5. The quantitative estimate of drug-likeness (QED) is 0.417. The van der Waals surface area contributed by atoms with Crippen LogP contribution < -0.4 is 10.2 Å². The first-order valence-electron chi connectivity index (χ1n) is 10.6. The minimum atomic E-state index is -0.429. The topological polar surface area (TPSA) is 89.2 Å². The van der Waals surface area contributed by atoms with Crippen LogP contribution in [0.5, 0.6) is 5.75 Å². The molecule has 1 aliphatic heterocycles. The van der Waals surface area contributed by atoms with Crippen LogP contribution in [0.25, 0.3) is 11.3 Å². The molecule has 1 aliphatic rings. The van der Waals surface area contributed by atoms with Crippen molar-refractivity contribution in [2.45, 2.75) is 13.5 Å². The summed E-state index contributed by atoms with van der Waals surface area (Å²) in [6.45, 7) is 5.64. The number of ether oxygens (including phenoxy) is 2. The van der Waals surface area contributed by atoms with E-state index < -0.39 is 5.91 Å². The zero-order valence-electron chi connectivity index (χ0n) is 18.5. The smallest absolute Gasteiger partial charge is 0.277 e. The fourth-order valence-corrected chi connectivity index (χ4v) is 3.93. The van der Waals surface area contributed by atoms with Crippen molar-refractivity contribution < 1.29 is 18.8 Å². The predicted octanol–water partition coefficient (Wildman–Crippen LogP) is 3.91. The number of aromatic nitrogens is 1. The SMILES string of the molecule is COc1ccc(C=NNC(=O)c2c(-c3ccccc3Cl)noc2C)cc1CN1CCOCC1. The van der Waals surface area contributed by atoms with Crippen molar-refractivity contribution in [3.05, 3.63) is 69.9 Å². The molecular formula is C24H25ClN4O4. The Labute approximate surface area is 197 Å². The first-order valence-corrected chi connectivity index (χ1v) is 11.0. The molecule has 1 aromatic heterocycles. The predicted molar refractivity (Wildman–Crippen MR) is 126 cm³/mol. The van der Waals surface area contributed by atoms with Crippen molar-refractivity contribution in [2.24, 2.45) is 5.10 Å². The highest BCUT2D eigenvalue weighted by Gasteiger charge is 2.22. The molecule has 33 heavy (non-hydrogen) atoms. The third-order valence-electron chi connectivity index (χ3n) is 5.40. The number of nitrogens with zero attached hydrogens (tertiary/aromatic N) is 3. The number of carbonyl (C=O) groups is 1. The van der Waals surface area contributed by atoms with E-state index in [1.807, 2.05) is 30.3 Å². The number of aryl methyl sites for hydroxylation is 1. The highest BCUT2D eigenvalue weighted by molar-refractivity contribution is 6.33. The van der Waals surface area contributed by atoms with Gasteiger partial charge in [0.1, 0.15) is 22.8 Å². The second kappa shape index (κ2) is 10.6. The summed E-state index contributed by atoms with van der Waals surface area (Å²) in [6.07, 6.45) is 1.60. The van der Waals surface area contributed by atoms with Crippen LogP contribution in [-0.4, -0.2) is 55.6 Å². The fourth-order valence-electron chi connectivity index (χ4n) is 3.70. The third-order valence-corrected chi connectivity index (χ3v) is 5.73. The molecule has 0 saturated carbocycles. The maximum atomic E-state index is 12.8. The minimum absolute atomic E-state index is 0.294. The lowest BCUT2D eigenvalue weighted by Gasteiger charge is -2.27. The van der Waals surface area contributed by atoms with Gasteiger partial charge in [0, 0.05) is 30.8 Å². The number of halogens is 1. The fraction of sp³-hybridized carbons (Fsp3) is 0.292. The molecule has 0 spiro atoms. The molecule has 8 nitrogen and oxygen atoms in total. The number of hydrogen-bond donors (Lipinski definition) is 1. The molecule has 9 heteroatoms. The van der Waals surface area contributed by atoms with E-state index in [2.05, 4.69) is 20.6 Å². The molecule has 0 aliphatic carbocycles. The van der Waals surface area contributed by atoms with Crippen LogP contribution in [0.2, 0.25) is 5.02 Å². The van der Waals surface area contributed by atoms with Gasteiger partial charge >= 0.3 is 0 Å². The Morgan fingerprint density at radius 3 is 2.82 bits per heavy atom. The van der Waals surface area contributed by atoms with E-state index in [4.69, 9.17) is 25.6 Å². The van der Waals surface area contributed by atoms with E-state index in [0.717, 1.165) is 49.7 Å². The van der Waals surface area contributed by atoms with Crippen LogP contribution in [0.4, 0.5) is 0 Å². The number of morpholine rings is 1. The third kappa shape index (κ3) is 5.42. The lowest BCUT2D eigenvalue weighted by Crippen LogP contribution is -2.35. The van der Waals surface area contributed by atoms with Crippen molar-refractivity contribution in [2.75, 3.05) is 33.4 Å². The molecule has 1 fully saturated rings. The molecule has 0 radical (unpaired) electrons. The molecule has 2 heterocycles. The van der Waals surface area contributed by atoms with Crippen molar-refractivity contribution >= 4 is 23.7 Å². The summed E-state index contributed by atoms with van der Waals surface area (Å²) in [5.41, 5.74) is 5.74. The number of benzene rings is 2. The van der Waals surface area contributed by atoms with E-state index in [1.54, 1.807) is 32.4 Å². The molecule has 3 aromatic rings. The molecule has 2 aromatic carbocycles. The summed E-state index contributed by atoms with van der Waals surface area (Å²) in [4.78, 5) is 15.2. The summed E-state index contributed by atoms with van der Waals surface area (Å²) in [5, 5.41) is 8.64. The largest absolute Gasteiger partial charge is 0.496 e. The van der Waals surface area contributed by atoms with Gasteiger partial charge in [-0.2, -0.15) is 5.10 Å². The second-order valence-corrected chi connectivity index (χ2v) is 8.01. The average molecular weight is 469 g/mol. The number of rotatable bonds is 7. The molecule has 1 N–H and O–H groups in total. The van der Waals surface area contributed by atoms with Gasteiger partial charge in [0.2, 0.25) is 0 Å². The number of methoxy groups -OCH3 is 1. The Hall–Kier alpha value is -3.20. The molecule has 1 amide bonds. The van der Waals surface area contributed by atoms with Gasteiger partial charge in [0.15, 0.2) is 0 Å². The summed E-state index contributed by atoms with van der Waals surface area (Å²) in [7, 11) is 1.66. The van der Waals surface area contributed by atoms with Crippen LogP contribution in [0.15, 0.2) is 52.1 Å². The molecule has 0 bridgehead atoms. The van der Waals surface area contributed by atoms with E-state index >= 15 is 0 Å². The standard InChI is InChI=1S/C24H25ClN4O4/c1-16-22(23(28-33-16)19-5-3-4-6-20(19)25)24(30)27-26-14-17-7-8-21(31-2)18(13-17)15-29-9-11-32-12-10-29/h3-8,13-14H,9-12,15H2,1-2H3,(H,27,30). The highest BCUT2D eigenvalue weighted by Crippen LogP contribution is 2.31. The van der Waals surface area contributed by atoms with Crippen LogP contribution in [0.1, 0.15) is 27.2 Å². The van der Waals surface area contributed by atoms with Crippen molar-refractivity contribution in [1.29, 1.82) is 0 Å². The van der Waals surface area contributed by atoms with Gasteiger partial charge < -0.3 is 14.0 Å². The Morgan fingerprint density at radius 2 is 2.06 bits per heavy atom. The number of carbonyl (C=O) groups excluding carboxylic acids is 1. The van der Waals surface area contributed by atoms with Crippen molar-refractivity contribution in [1.82, 2.24) is 15.5 Å². The van der Waals surface area contributed by atoms with Gasteiger partial charge in [0.05, 0.1) is 31.6 Å². The van der Waals surface area contributed by atoms with Gasteiger partial charge in [-0.15, -0.1) is 0 Å². The Bertz CT molecular complexity index is 1160. The normalized spacial score (nSPS) is 14.5. The first-order chi connectivity index (χ1) is 16.1. The lowest BCUT2D eigenvalue weighted by molar-refractivity contribution is 0.0339. The van der Waals surface area contributed by atoms with Crippen LogP contribution in [-0.2, 0) is 11.3 Å². The zero-order valence-corrected chi connectivity index (χ0v) is 19.3. The van der Waals surface area contributed by atoms with Crippen molar-refractivity contribution in [3.8, 4) is 17.0 Å². The maximum absolute atomic E-state index is 12.8. The first kappa shape index (κ1) is 23.0. The molecule has 0 atom stereocenters. The summed E-state index contributed by atoms with van der Waals surface area (Å²) in [5.74, 6) is 0.768. The molecule has 172 valence electrons. The van der Waals surface area contributed by atoms with E-state index in [1.165, 1.54) is 0 Å². The minimum Gasteiger partial charge on any atom is -0.496 e. The number of nitrogens with one attached hydrogen (secondary N) is 1. The molecular weight excluding hydrogens is 444 g/mol. The number of hydrazone groups is 1. The lowest BCUT2D eigenvalue weighted by atomic mass is 10.1. The average Bonchev–Trinajstić information content (AvgIpc) is 3.21. The van der Waals surface area contributed by atoms with Crippen LogP contribution >= 0.6 is 11.6 Å². The van der Waals surface area contributed by atoms with Crippen LogP contribution in [0, 0.1) is 6.92 Å². The monoisotopic (exact) mass is 468 g/mol. The maximum Gasteiger partial charge on any atom is 0.277 e. The van der Waals surface area contributed by atoms with Gasteiger partial charge in [-0.05, 0) is 36.8 Å². The van der Waals surface area contributed by atoms with Gasteiger partial charge in [0.25, 0.3) is 5.91 Å². The molecule has 4 rings (SSSR count). The Balaban J connectivity index is 1.49. The van der Waals surface area contributed by atoms with E-state index in [0.29, 0.717) is 27.6 Å². The van der Waals surface area contributed by atoms with Crippen LogP contribution in [0.3, 0.4) is 0 Å². The zero-order chi connectivity index (χ0) is 23.2. The summed E-state index contributed by atoms with van der Waals surface area (Å²) in [6, 6.07) is 12.9. The van der Waals surface area contributed by atoms with Gasteiger partial charge in [-0.1, -0.05) is 35.0 Å². The van der Waals surface area contributed by atoms with E-state index in [-0.39, 0.29) is 0 Å². The second-order valence-electron chi connectivity index (χ2n) is 7.60. The number of amides is 1. The van der Waals surface area contributed by atoms with Crippen molar-refractivity contribution in [3.63, 3.8) is 0 Å². The van der Waals surface area contributed by atoms with Gasteiger partial charge in [-0.25, -0.2) is 5.43 Å². The van der Waals surface area contributed by atoms with Gasteiger partial charge in [-0.3, -0.25) is 9.69 Å². The Morgan fingerprint density at radius 1 is 1.27 bits per heavy atom. The number of hydrogen-bond acceptors (Lipinski definition) is 7. The van der Waals surface area contributed by atoms with E-state index in [9.17, 15) is 4.79 Å². The summed E-state index contributed by atoms with van der Waals surface area (Å²) >= 11 is 6.27.